The van der Waals surface area contributed by atoms with Crippen LogP contribution in [0.1, 0.15) is 41.4 Å². The molecule has 0 saturated carbocycles. The highest BCUT2D eigenvalue weighted by atomic mass is 16.2. The first-order valence-electron chi connectivity index (χ1n) is 7.91. The number of aromatic nitrogens is 2. The summed E-state index contributed by atoms with van der Waals surface area (Å²) in [6, 6.07) is 10.7. The molecule has 1 amide bonds. The van der Waals surface area contributed by atoms with Crippen LogP contribution in [0.4, 0.5) is 0 Å². The van der Waals surface area contributed by atoms with Crippen LogP contribution in [0.5, 0.6) is 0 Å². The third-order valence-corrected chi connectivity index (χ3v) is 4.60. The number of hydrogen-bond donors (Lipinski definition) is 0. The second-order valence-electron chi connectivity index (χ2n) is 6.16. The van der Waals surface area contributed by atoms with Crippen molar-refractivity contribution in [3.8, 4) is 0 Å². The summed E-state index contributed by atoms with van der Waals surface area (Å²) >= 11 is 0. The Morgan fingerprint density at radius 3 is 2.86 bits per heavy atom. The van der Waals surface area contributed by atoms with Gasteiger partial charge in [0.2, 0.25) is 5.91 Å². The molecule has 3 rings (SSSR count). The fourth-order valence-corrected chi connectivity index (χ4v) is 3.39. The van der Waals surface area contributed by atoms with Crippen LogP contribution >= 0.6 is 0 Å². The van der Waals surface area contributed by atoms with Gasteiger partial charge in [-0.2, -0.15) is 5.10 Å². The lowest BCUT2D eigenvalue weighted by molar-refractivity contribution is -0.132. The van der Waals surface area contributed by atoms with E-state index in [9.17, 15) is 4.79 Å². The molecule has 116 valence electrons. The highest BCUT2D eigenvalue weighted by molar-refractivity contribution is 5.76. The fourth-order valence-electron chi connectivity index (χ4n) is 3.39. The Morgan fingerprint density at radius 2 is 2.14 bits per heavy atom. The average molecular weight is 297 g/mol. The van der Waals surface area contributed by atoms with Gasteiger partial charge in [0.1, 0.15) is 0 Å². The molecule has 1 aromatic heterocycles. The highest BCUT2D eigenvalue weighted by Crippen LogP contribution is 2.35. The monoisotopic (exact) mass is 297 g/mol. The van der Waals surface area contributed by atoms with Gasteiger partial charge in [0.05, 0.1) is 11.7 Å². The van der Waals surface area contributed by atoms with Gasteiger partial charge in [0.25, 0.3) is 0 Å². The Balaban J connectivity index is 1.64. The van der Waals surface area contributed by atoms with Crippen LogP contribution in [-0.2, 0) is 17.8 Å². The van der Waals surface area contributed by atoms with Gasteiger partial charge in [-0.05, 0) is 43.9 Å². The Morgan fingerprint density at radius 1 is 1.36 bits per heavy atom. The number of rotatable bonds is 4. The number of nitrogens with zero attached hydrogens (tertiary/aromatic N) is 3. The number of fused-ring (bicyclic) bond motifs is 1. The van der Waals surface area contributed by atoms with E-state index in [4.69, 9.17) is 0 Å². The third-order valence-electron chi connectivity index (χ3n) is 4.60. The minimum Gasteiger partial charge on any atom is -0.339 e. The molecule has 1 heterocycles. The standard InChI is InChI=1S/C18H23N3O/c1-13-12-14(2)21(19-13)11-10-18(22)20(3)17-9-8-15-6-4-5-7-16(15)17/h4-7,12,17H,8-11H2,1-3H3. The molecule has 0 saturated heterocycles. The van der Waals surface area contributed by atoms with Crippen molar-refractivity contribution in [2.75, 3.05) is 7.05 Å². The number of carbonyl (C=O) groups is 1. The van der Waals surface area contributed by atoms with Gasteiger partial charge in [-0.3, -0.25) is 9.48 Å². The summed E-state index contributed by atoms with van der Waals surface area (Å²) in [5, 5.41) is 4.42. The van der Waals surface area contributed by atoms with E-state index in [1.807, 2.05) is 36.5 Å². The third kappa shape index (κ3) is 2.78. The molecule has 1 unspecified atom stereocenters. The lowest BCUT2D eigenvalue weighted by atomic mass is 10.1. The zero-order valence-electron chi connectivity index (χ0n) is 13.5. The smallest absolute Gasteiger partial charge is 0.224 e. The van der Waals surface area contributed by atoms with Gasteiger partial charge >= 0.3 is 0 Å². The Bertz CT molecular complexity index is 689. The number of amides is 1. The molecule has 0 radical (unpaired) electrons. The van der Waals surface area contributed by atoms with Gasteiger partial charge in [-0.25, -0.2) is 0 Å². The van der Waals surface area contributed by atoms with Crippen LogP contribution < -0.4 is 0 Å². The Kier molecular flexibility index (Phi) is 4.01. The van der Waals surface area contributed by atoms with E-state index in [1.165, 1.54) is 11.1 Å². The van der Waals surface area contributed by atoms with Gasteiger partial charge in [0, 0.05) is 25.7 Å². The van der Waals surface area contributed by atoms with Crippen molar-refractivity contribution in [2.24, 2.45) is 0 Å². The Hall–Kier alpha value is -2.10. The van der Waals surface area contributed by atoms with Crippen molar-refractivity contribution < 1.29 is 4.79 Å². The van der Waals surface area contributed by atoms with E-state index in [0.29, 0.717) is 13.0 Å². The summed E-state index contributed by atoms with van der Waals surface area (Å²) in [5.74, 6) is 0.189. The zero-order valence-corrected chi connectivity index (χ0v) is 13.5. The summed E-state index contributed by atoms with van der Waals surface area (Å²) in [4.78, 5) is 14.4. The SMILES string of the molecule is Cc1cc(C)n(CCC(=O)N(C)C2CCc3ccccc32)n1. The van der Waals surface area contributed by atoms with Crippen LogP contribution in [-0.4, -0.2) is 27.6 Å². The maximum atomic E-state index is 12.5. The van der Waals surface area contributed by atoms with Crippen molar-refractivity contribution >= 4 is 5.91 Å². The lowest BCUT2D eigenvalue weighted by Gasteiger charge is -2.25. The van der Waals surface area contributed by atoms with Crippen molar-refractivity contribution in [2.45, 2.75) is 45.7 Å². The van der Waals surface area contributed by atoms with Crippen LogP contribution in [0.15, 0.2) is 30.3 Å². The summed E-state index contributed by atoms with van der Waals surface area (Å²) in [5.41, 5.74) is 4.80. The summed E-state index contributed by atoms with van der Waals surface area (Å²) in [6.07, 6.45) is 2.59. The highest BCUT2D eigenvalue weighted by Gasteiger charge is 2.28. The van der Waals surface area contributed by atoms with E-state index in [-0.39, 0.29) is 11.9 Å². The van der Waals surface area contributed by atoms with E-state index in [2.05, 4.69) is 29.4 Å². The molecule has 0 spiro atoms. The lowest BCUT2D eigenvalue weighted by Crippen LogP contribution is -2.30. The molecule has 1 atom stereocenters. The van der Waals surface area contributed by atoms with E-state index < -0.39 is 0 Å². The van der Waals surface area contributed by atoms with Crippen molar-refractivity contribution in [3.63, 3.8) is 0 Å². The minimum atomic E-state index is 0.189. The Labute approximate surface area is 131 Å². The van der Waals surface area contributed by atoms with Crippen molar-refractivity contribution in [1.82, 2.24) is 14.7 Å². The van der Waals surface area contributed by atoms with Gasteiger partial charge in [-0.15, -0.1) is 0 Å². The van der Waals surface area contributed by atoms with Crippen LogP contribution in [0.3, 0.4) is 0 Å². The average Bonchev–Trinajstić information content (AvgIpc) is 3.07. The molecule has 0 fully saturated rings. The molecule has 1 aliphatic rings. The molecule has 0 bridgehead atoms. The van der Waals surface area contributed by atoms with Crippen molar-refractivity contribution in [3.05, 3.63) is 52.8 Å². The molecule has 4 heteroatoms. The van der Waals surface area contributed by atoms with Gasteiger partial charge < -0.3 is 4.90 Å². The molecule has 0 aliphatic heterocycles. The maximum Gasteiger partial charge on any atom is 0.224 e. The summed E-state index contributed by atoms with van der Waals surface area (Å²) in [6.45, 7) is 4.66. The van der Waals surface area contributed by atoms with Crippen LogP contribution in [0.25, 0.3) is 0 Å². The first-order chi connectivity index (χ1) is 10.6. The number of benzene rings is 1. The first kappa shape index (κ1) is 14.8. The first-order valence-corrected chi connectivity index (χ1v) is 7.91. The molecule has 2 aromatic rings. The van der Waals surface area contributed by atoms with Gasteiger partial charge in [-0.1, -0.05) is 24.3 Å². The fraction of sp³-hybridized carbons (Fsp3) is 0.444. The molecule has 1 aromatic carbocycles. The second-order valence-corrected chi connectivity index (χ2v) is 6.16. The van der Waals surface area contributed by atoms with Gasteiger partial charge in [0.15, 0.2) is 0 Å². The van der Waals surface area contributed by atoms with E-state index in [1.54, 1.807) is 0 Å². The summed E-state index contributed by atoms with van der Waals surface area (Å²) < 4.78 is 1.92. The van der Waals surface area contributed by atoms with Crippen molar-refractivity contribution in [1.29, 1.82) is 0 Å². The largest absolute Gasteiger partial charge is 0.339 e. The maximum absolute atomic E-state index is 12.5. The molecular weight excluding hydrogens is 274 g/mol. The zero-order chi connectivity index (χ0) is 15.7. The quantitative estimate of drug-likeness (QED) is 0.870. The minimum absolute atomic E-state index is 0.189. The topological polar surface area (TPSA) is 38.1 Å². The van der Waals surface area contributed by atoms with Crippen LogP contribution in [0.2, 0.25) is 0 Å². The van der Waals surface area contributed by atoms with E-state index >= 15 is 0 Å². The molecule has 22 heavy (non-hydrogen) atoms. The number of carbonyl (C=O) groups excluding carboxylic acids is 1. The normalized spacial score (nSPS) is 16.6. The predicted octanol–water partition coefficient (Wildman–Crippen LogP) is 3.04. The van der Waals surface area contributed by atoms with E-state index in [0.717, 1.165) is 24.2 Å². The predicted molar refractivity (Wildman–Crippen MR) is 86.6 cm³/mol. The van der Waals surface area contributed by atoms with Crippen LogP contribution in [0, 0.1) is 13.8 Å². The molecular formula is C18H23N3O. The molecule has 4 nitrogen and oxygen atoms in total. The number of hydrogen-bond acceptors (Lipinski definition) is 2. The summed E-state index contributed by atoms with van der Waals surface area (Å²) in [7, 11) is 1.93. The number of aryl methyl sites for hydroxylation is 4. The second kappa shape index (κ2) is 5.95. The molecule has 1 aliphatic carbocycles. The molecule has 0 N–H and O–H groups in total.